The summed E-state index contributed by atoms with van der Waals surface area (Å²) >= 11 is 0. The highest BCUT2D eigenvalue weighted by atomic mass is 19.4. The molecule has 27 heavy (non-hydrogen) atoms. The van der Waals surface area contributed by atoms with Crippen molar-refractivity contribution >= 4 is 0 Å². The van der Waals surface area contributed by atoms with Crippen LogP contribution in [0.25, 0.3) is 0 Å². The third-order valence-corrected chi connectivity index (χ3v) is 4.82. The van der Waals surface area contributed by atoms with Crippen LogP contribution in [-0.2, 0) is 19.3 Å². The number of aromatic nitrogens is 2. The topological polar surface area (TPSA) is 61.9 Å². The van der Waals surface area contributed by atoms with E-state index in [1.165, 1.54) is 4.57 Å². The molecule has 2 aromatic rings. The number of rotatable bonds is 4. The Morgan fingerprint density at radius 1 is 1.19 bits per heavy atom. The molecule has 1 aliphatic rings. The Morgan fingerprint density at radius 2 is 1.85 bits per heavy atom. The van der Waals surface area contributed by atoms with Gasteiger partial charge in [-0.3, -0.25) is 14.3 Å². The summed E-state index contributed by atoms with van der Waals surface area (Å²) in [6.07, 6.45) is -1.88. The minimum absolute atomic E-state index is 0.235. The van der Waals surface area contributed by atoms with Gasteiger partial charge in [0.15, 0.2) is 5.69 Å². The Kier molecular flexibility index (Phi) is 5.61. The molecule has 1 saturated heterocycles. The van der Waals surface area contributed by atoms with E-state index in [9.17, 15) is 18.0 Å². The number of hydrogen-bond acceptors (Lipinski definition) is 4. The fourth-order valence-corrected chi connectivity index (χ4v) is 3.27. The van der Waals surface area contributed by atoms with E-state index in [-0.39, 0.29) is 5.92 Å². The fourth-order valence-electron chi connectivity index (χ4n) is 3.27. The van der Waals surface area contributed by atoms with Crippen LogP contribution >= 0.6 is 0 Å². The van der Waals surface area contributed by atoms with E-state index in [0.29, 0.717) is 18.2 Å². The monoisotopic (exact) mass is 376 g/mol. The third-order valence-electron chi connectivity index (χ3n) is 4.82. The van der Waals surface area contributed by atoms with E-state index >= 15 is 0 Å². The van der Waals surface area contributed by atoms with Crippen LogP contribution in [0.3, 0.4) is 0 Å². The van der Waals surface area contributed by atoms with E-state index in [2.05, 4.69) is 16.0 Å². The minimum atomic E-state index is -4.60. The van der Waals surface area contributed by atoms with Gasteiger partial charge >= 0.3 is 6.18 Å². The Labute approximate surface area is 154 Å². The average molecular weight is 376 g/mol. The lowest BCUT2D eigenvalue weighted by molar-refractivity contribution is -0.141. The molecule has 2 heterocycles. The molecule has 0 radical (unpaired) electrons. The van der Waals surface area contributed by atoms with Gasteiger partial charge in [0.25, 0.3) is 5.56 Å². The number of halogens is 3. The van der Waals surface area contributed by atoms with Gasteiger partial charge in [0.1, 0.15) is 0 Å². The largest absolute Gasteiger partial charge is 0.433 e. The molecule has 0 atom stereocenters. The maximum Gasteiger partial charge on any atom is 0.433 e. The molecule has 0 spiro atoms. The summed E-state index contributed by atoms with van der Waals surface area (Å²) in [5.74, 6) is 0.235. The number of hydrogen-bond donors (Lipinski definition) is 0. The zero-order chi connectivity index (χ0) is 19.4. The highest BCUT2D eigenvalue weighted by Crippen LogP contribution is 2.26. The first-order valence-electron chi connectivity index (χ1n) is 8.70. The van der Waals surface area contributed by atoms with Crippen molar-refractivity contribution in [2.45, 2.75) is 32.1 Å². The maximum atomic E-state index is 12.6. The number of alkyl halides is 3. The van der Waals surface area contributed by atoms with Gasteiger partial charge in [0, 0.05) is 19.2 Å². The second-order valence-corrected chi connectivity index (χ2v) is 6.79. The highest BCUT2D eigenvalue weighted by Gasteiger charge is 2.33. The van der Waals surface area contributed by atoms with Crippen molar-refractivity contribution in [1.29, 1.82) is 5.26 Å². The lowest BCUT2D eigenvalue weighted by atomic mass is 9.96. The molecule has 0 unspecified atom stereocenters. The van der Waals surface area contributed by atoms with E-state index < -0.39 is 17.4 Å². The zero-order valence-electron chi connectivity index (χ0n) is 14.6. The number of likely N-dealkylation sites (tertiary alicyclic amines) is 1. The average Bonchev–Trinajstić information content (AvgIpc) is 2.65. The van der Waals surface area contributed by atoms with Crippen molar-refractivity contribution in [1.82, 2.24) is 14.5 Å². The molecule has 5 nitrogen and oxygen atoms in total. The maximum absolute atomic E-state index is 12.6. The second-order valence-electron chi connectivity index (χ2n) is 6.79. The van der Waals surface area contributed by atoms with Gasteiger partial charge in [-0.05, 0) is 49.5 Å². The first-order valence-corrected chi connectivity index (χ1v) is 8.70. The third kappa shape index (κ3) is 4.95. The molecule has 0 saturated carbocycles. The number of nitrogens with zero attached hydrogens (tertiary/aromatic N) is 4. The number of piperidine rings is 1. The molecular weight excluding hydrogens is 357 g/mol. The SMILES string of the molecule is N#Cc1ccc(CN2CCC(Cn3cnc(C(F)(F)F)cc3=O)CC2)cc1. The molecule has 142 valence electrons. The van der Waals surface area contributed by atoms with Crippen molar-refractivity contribution in [3.8, 4) is 6.07 Å². The fraction of sp³-hybridized carbons (Fsp3) is 0.421. The molecule has 8 heteroatoms. The Morgan fingerprint density at radius 3 is 2.41 bits per heavy atom. The Bertz CT molecular complexity index is 876. The molecule has 0 N–H and O–H groups in total. The summed E-state index contributed by atoms with van der Waals surface area (Å²) < 4.78 is 39.0. The van der Waals surface area contributed by atoms with Crippen molar-refractivity contribution in [3.63, 3.8) is 0 Å². The summed E-state index contributed by atoms with van der Waals surface area (Å²) in [5, 5.41) is 8.83. The number of nitriles is 1. The molecule has 0 aliphatic carbocycles. The van der Waals surface area contributed by atoms with E-state index in [1.807, 2.05) is 12.1 Å². The molecule has 0 amide bonds. The molecule has 3 rings (SSSR count). The Hall–Kier alpha value is -2.66. The highest BCUT2D eigenvalue weighted by molar-refractivity contribution is 5.31. The summed E-state index contributed by atoms with van der Waals surface area (Å²) in [6.45, 7) is 2.88. The van der Waals surface area contributed by atoms with Gasteiger partial charge in [-0.1, -0.05) is 12.1 Å². The minimum Gasteiger partial charge on any atom is -0.299 e. The van der Waals surface area contributed by atoms with Crippen LogP contribution in [0.5, 0.6) is 0 Å². The van der Waals surface area contributed by atoms with Gasteiger partial charge in [-0.2, -0.15) is 18.4 Å². The van der Waals surface area contributed by atoms with E-state index in [4.69, 9.17) is 5.26 Å². The van der Waals surface area contributed by atoms with Crippen LogP contribution in [0.15, 0.2) is 41.5 Å². The normalized spacial score (nSPS) is 16.2. The van der Waals surface area contributed by atoms with Crippen molar-refractivity contribution in [3.05, 3.63) is 63.8 Å². The molecule has 1 aromatic carbocycles. The van der Waals surface area contributed by atoms with Gasteiger partial charge in [-0.25, -0.2) is 4.98 Å². The van der Waals surface area contributed by atoms with Crippen LogP contribution in [0.1, 0.15) is 29.7 Å². The Balaban J connectivity index is 1.53. The van der Waals surface area contributed by atoms with Gasteiger partial charge < -0.3 is 0 Å². The van der Waals surface area contributed by atoms with E-state index in [0.717, 1.165) is 44.4 Å². The van der Waals surface area contributed by atoms with Gasteiger partial charge in [0.05, 0.1) is 18.0 Å². The van der Waals surface area contributed by atoms with Gasteiger partial charge in [0.2, 0.25) is 0 Å². The summed E-state index contributed by atoms with van der Waals surface area (Å²) in [6, 6.07) is 10.1. The van der Waals surface area contributed by atoms with Crippen LogP contribution < -0.4 is 5.56 Å². The van der Waals surface area contributed by atoms with Crippen LogP contribution in [0.4, 0.5) is 13.2 Å². The van der Waals surface area contributed by atoms with Crippen LogP contribution in [0.2, 0.25) is 0 Å². The summed E-state index contributed by atoms with van der Waals surface area (Å²) in [4.78, 5) is 17.6. The molecule has 1 aromatic heterocycles. The van der Waals surface area contributed by atoms with Crippen molar-refractivity contribution in [2.24, 2.45) is 5.92 Å². The summed E-state index contributed by atoms with van der Waals surface area (Å²) in [7, 11) is 0. The second kappa shape index (κ2) is 7.92. The van der Waals surface area contributed by atoms with Gasteiger partial charge in [-0.15, -0.1) is 0 Å². The lowest BCUT2D eigenvalue weighted by Crippen LogP contribution is -2.36. The van der Waals surface area contributed by atoms with E-state index in [1.54, 1.807) is 12.1 Å². The first kappa shape index (κ1) is 19.1. The van der Waals surface area contributed by atoms with Crippen LogP contribution in [-0.4, -0.2) is 27.5 Å². The predicted molar refractivity (Wildman–Crippen MR) is 92.7 cm³/mol. The smallest absolute Gasteiger partial charge is 0.299 e. The van der Waals surface area contributed by atoms with Crippen LogP contribution in [0, 0.1) is 17.2 Å². The molecule has 1 aliphatic heterocycles. The van der Waals surface area contributed by atoms with Crippen molar-refractivity contribution < 1.29 is 13.2 Å². The summed E-state index contributed by atoms with van der Waals surface area (Å²) in [5.41, 5.74) is -0.0537. The number of benzene rings is 1. The quantitative estimate of drug-likeness (QED) is 0.823. The lowest BCUT2D eigenvalue weighted by Gasteiger charge is -2.32. The molecular formula is C19H19F3N4O. The first-order chi connectivity index (χ1) is 12.8. The molecule has 1 fully saturated rings. The predicted octanol–water partition coefficient (Wildman–Crippen LogP) is 3.05. The zero-order valence-corrected chi connectivity index (χ0v) is 14.6. The standard InChI is InChI=1S/C19H19F3N4O/c20-19(21,22)17-9-18(27)26(13-24-17)12-16-5-7-25(8-6-16)11-15-3-1-14(10-23)2-4-15/h1-4,9,13,16H,5-8,11-12H2. The van der Waals surface area contributed by atoms with Crippen molar-refractivity contribution in [2.75, 3.05) is 13.1 Å². The molecule has 0 bridgehead atoms.